The van der Waals surface area contributed by atoms with Gasteiger partial charge in [-0.1, -0.05) is 50.0 Å². The molecule has 0 aromatic carbocycles. The molecule has 0 saturated carbocycles. The number of aromatic nitrogens is 3. The van der Waals surface area contributed by atoms with Crippen molar-refractivity contribution in [3.63, 3.8) is 0 Å². The topological polar surface area (TPSA) is 91.3 Å². The number of hydrogen-bond acceptors (Lipinski definition) is 7. The van der Waals surface area contributed by atoms with Crippen LogP contribution < -0.4 is 15.1 Å². The summed E-state index contributed by atoms with van der Waals surface area (Å²) in [7, 11) is 1.87. The summed E-state index contributed by atoms with van der Waals surface area (Å²) in [6.45, 7) is 10.1. The van der Waals surface area contributed by atoms with Crippen molar-refractivity contribution in [2.24, 2.45) is 0 Å². The number of likely N-dealkylation sites (N-methyl/N-ethyl adjacent to an activating group) is 1. The summed E-state index contributed by atoms with van der Waals surface area (Å²) in [6, 6.07) is 4.10. The van der Waals surface area contributed by atoms with Gasteiger partial charge >= 0.3 is 6.18 Å². The first-order chi connectivity index (χ1) is 17.1. The number of fused-ring (bicyclic) bond motifs is 4. The Morgan fingerprint density at radius 2 is 1.81 bits per heavy atom. The van der Waals surface area contributed by atoms with E-state index in [0.717, 1.165) is 36.0 Å². The predicted molar refractivity (Wildman–Crippen MR) is 140 cm³/mol. The fraction of sp³-hybridized carbons (Fsp3) is 0.542. The Morgan fingerprint density at radius 1 is 1.25 bits per heavy atom. The minimum atomic E-state index is -4.45. The highest BCUT2D eigenvalue weighted by Crippen LogP contribution is 2.36. The maximum atomic E-state index is 12.1. The van der Waals surface area contributed by atoms with E-state index in [1.165, 1.54) is 19.5 Å². The average molecular weight is 577 g/mol. The summed E-state index contributed by atoms with van der Waals surface area (Å²) in [6.07, 6.45) is 3.52. The minimum absolute atomic E-state index is 0.243. The molecule has 2 aliphatic heterocycles. The summed E-state index contributed by atoms with van der Waals surface area (Å²) in [5.41, 5.74) is 0.818. The Hall–Kier alpha value is -2.76. The van der Waals surface area contributed by atoms with Gasteiger partial charge < -0.3 is 19.9 Å². The zero-order chi connectivity index (χ0) is 27.7. The lowest BCUT2D eigenvalue weighted by molar-refractivity contribution is -0.123. The molecule has 36 heavy (non-hydrogen) atoms. The van der Waals surface area contributed by atoms with E-state index in [1.54, 1.807) is 17.7 Å². The molecular formula is C24H36BrF3N6O2. The van der Waals surface area contributed by atoms with Gasteiger partial charge in [-0.15, -0.1) is 0 Å². The Morgan fingerprint density at radius 3 is 2.28 bits per heavy atom. The number of anilines is 2. The van der Waals surface area contributed by atoms with E-state index in [9.17, 15) is 18.0 Å². The van der Waals surface area contributed by atoms with E-state index in [2.05, 4.69) is 49.6 Å². The third kappa shape index (κ3) is 11.8. The van der Waals surface area contributed by atoms with Crippen LogP contribution in [0, 0.1) is 0 Å². The van der Waals surface area contributed by atoms with Gasteiger partial charge in [-0.25, -0.2) is 9.97 Å². The predicted octanol–water partition coefficient (Wildman–Crippen LogP) is 5.29. The van der Waals surface area contributed by atoms with Crippen molar-refractivity contribution in [1.29, 1.82) is 0 Å². The number of rotatable bonds is 2. The van der Waals surface area contributed by atoms with Crippen molar-refractivity contribution in [2.45, 2.75) is 59.7 Å². The lowest BCUT2D eigenvalue weighted by Gasteiger charge is -2.34. The largest absolute Gasteiger partial charge is 0.405 e. The smallest absolute Gasteiger partial charge is 0.365 e. The first kappa shape index (κ1) is 33.2. The van der Waals surface area contributed by atoms with Crippen LogP contribution in [-0.4, -0.2) is 66.0 Å². The van der Waals surface area contributed by atoms with Gasteiger partial charge in [-0.3, -0.25) is 9.78 Å². The van der Waals surface area contributed by atoms with Gasteiger partial charge in [-0.05, 0) is 25.5 Å². The molecule has 202 valence electrons. The number of amides is 1. The zero-order valence-electron chi connectivity index (χ0n) is 21.6. The van der Waals surface area contributed by atoms with E-state index < -0.39 is 18.6 Å². The molecule has 0 aliphatic carbocycles. The van der Waals surface area contributed by atoms with E-state index in [-0.39, 0.29) is 5.82 Å². The molecule has 0 radical (unpaired) electrons. The van der Waals surface area contributed by atoms with E-state index >= 15 is 0 Å². The fourth-order valence-corrected chi connectivity index (χ4v) is 3.24. The van der Waals surface area contributed by atoms with Crippen LogP contribution in [0.2, 0.25) is 0 Å². The standard InChI is InChI=1S/C12H14F3N5O.C5H4BrN.C3H8.C2H4O.C2H6/c1-19-7-2-3-20(5-7)8-4-16-9(18-10(8)19)11(21)17-6-12(13,14)15;6-5-1-3-7-4-2-5;1-3-2;1-2-3;1-2/h4,7H,2-3,5-6H2,1H3,(H,17,21);1-4H;3H2,1-2H3;2H,1H3;1-2H3. The highest BCUT2D eigenvalue weighted by atomic mass is 79.9. The molecule has 4 heterocycles. The van der Waals surface area contributed by atoms with Crippen LogP contribution in [-0.2, 0) is 4.79 Å². The highest BCUT2D eigenvalue weighted by molar-refractivity contribution is 9.10. The molecule has 1 N–H and O–H groups in total. The first-order valence-corrected chi connectivity index (χ1v) is 12.5. The first-order valence-electron chi connectivity index (χ1n) is 11.7. The van der Waals surface area contributed by atoms with E-state index in [4.69, 9.17) is 4.79 Å². The van der Waals surface area contributed by atoms with E-state index in [0.29, 0.717) is 11.9 Å². The molecule has 1 atom stereocenters. The van der Waals surface area contributed by atoms with Crippen LogP contribution in [0.4, 0.5) is 24.7 Å². The maximum Gasteiger partial charge on any atom is 0.405 e. The Balaban J connectivity index is 0.000000674. The SMILES string of the molecule is Brc1ccncc1.CC.CC=O.CCC.CN1c2nc(C(=O)NCC(F)(F)F)ncc2N2CCC1C2. The summed E-state index contributed by atoms with van der Waals surface area (Å²) in [5.74, 6) is -0.570. The third-order valence-corrected chi connectivity index (χ3v) is 4.96. The molecule has 2 aromatic rings. The second-order valence-electron chi connectivity index (χ2n) is 7.31. The van der Waals surface area contributed by atoms with Crippen molar-refractivity contribution >= 4 is 39.6 Å². The molecule has 4 rings (SSSR count). The number of halogens is 4. The molecule has 1 saturated heterocycles. The molecule has 1 fully saturated rings. The van der Waals surface area contributed by atoms with Crippen LogP contribution >= 0.6 is 15.9 Å². The minimum Gasteiger partial charge on any atom is -0.365 e. The number of pyridine rings is 1. The van der Waals surface area contributed by atoms with Crippen LogP contribution in [0.3, 0.4) is 0 Å². The monoisotopic (exact) mass is 576 g/mol. The van der Waals surface area contributed by atoms with E-state index in [1.807, 2.05) is 37.9 Å². The van der Waals surface area contributed by atoms with Gasteiger partial charge in [0.1, 0.15) is 12.8 Å². The number of aldehydes is 1. The third-order valence-electron chi connectivity index (χ3n) is 4.43. The van der Waals surface area contributed by atoms with Gasteiger partial charge in [0.05, 0.1) is 11.9 Å². The molecule has 0 spiro atoms. The molecule has 2 aromatic heterocycles. The Kier molecular flexibility index (Phi) is 16.3. The second-order valence-corrected chi connectivity index (χ2v) is 8.22. The normalized spacial score (nSPS) is 14.7. The fourth-order valence-electron chi connectivity index (χ4n) is 3.00. The zero-order valence-corrected chi connectivity index (χ0v) is 23.2. The van der Waals surface area contributed by atoms with Gasteiger partial charge in [0.2, 0.25) is 5.82 Å². The van der Waals surface area contributed by atoms with Crippen molar-refractivity contribution < 1.29 is 22.8 Å². The number of nitrogens with one attached hydrogen (secondary N) is 1. The number of nitrogens with zero attached hydrogens (tertiary/aromatic N) is 5. The highest BCUT2D eigenvalue weighted by Gasteiger charge is 2.36. The van der Waals surface area contributed by atoms with Crippen LogP contribution in [0.15, 0.2) is 35.2 Å². The van der Waals surface area contributed by atoms with Crippen molar-refractivity contribution in [3.8, 4) is 0 Å². The van der Waals surface area contributed by atoms with Gasteiger partial charge in [0.25, 0.3) is 5.91 Å². The number of alkyl halides is 3. The lowest BCUT2D eigenvalue weighted by atomic mass is 10.2. The number of carbonyl (C=O) groups excluding carboxylic acids is 2. The summed E-state index contributed by atoms with van der Waals surface area (Å²) in [4.78, 5) is 36.4. The van der Waals surface area contributed by atoms with Crippen LogP contribution in [0.5, 0.6) is 0 Å². The maximum absolute atomic E-state index is 12.1. The second kappa shape index (κ2) is 17.6. The quantitative estimate of drug-likeness (QED) is 0.486. The van der Waals surface area contributed by atoms with Crippen LogP contribution in [0.25, 0.3) is 0 Å². The lowest BCUT2D eigenvalue weighted by Crippen LogP contribution is -2.41. The van der Waals surface area contributed by atoms with Gasteiger partial charge in [-0.2, -0.15) is 13.2 Å². The average Bonchev–Trinajstić information content (AvgIpc) is 3.30. The molecule has 1 amide bonds. The molecular weight excluding hydrogens is 541 g/mol. The Bertz CT molecular complexity index is 903. The molecule has 1 unspecified atom stereocenters. The van der Waals surface area contributed by atoms with Crippen molar-refractivity contribution in [3.05, 3.63) is 41.0 Å². The number of hydrogen-bond donors (Lipinski definition) is 1. The summed E-state index contributed by atoms with van der Waals surface area (Å²) >= 11 is 3.27. The van der Waals surface area contributed by atoms with Crippen molar-refractivity contribution in [2.75, 3.05) is 36.5 Å². The molecule has 2 bridgehead atoms. The van der Waals surface area contributed by atoms with Gasteiger partial charge in [0, 0.05) is 43.0 Å². The van der Waals surface area contributed by atoms with Crippen molar-refractivity contribution in [1.82, 2.24) is 20.3 Å². The Labute approximate surface area is 219 Å². The number of carbonyl (C=O) groups is 2. The summed E-state index contributed by atoms with van der Waals surface area (Å²) < 4.78 is 37.4. The van der Waals surface area contributed by atoms with Gasteiger partial charge in [0.15, 0.2) is 5.82 Å². The molecule has 2 aliphatic rings. The summed E-state index contributed by atoms with van der Waals surface area (Å²) in [5, 5.41) is 1.78. The molecule has 8 nitrogen and oxygen atoms in total. The molecule has 12 heteroatoms. The van der Waals surface area contributed by atoms with Crippen LogP contribution in [0.1, 0.15) is 58.1 Å².